The summed E-state index contributed by atoms with van der Waals surface area (Å²) in [6.45, 7) is 9.48. The van der Waals surface area contributed by atoms with Crippen LogP contribution in [0.4, 0.5) is 10.1 Å². The van der Waals surface area contributed by atoms with Crippen LogP contribution in [0.1, 0.15) is 34.1 Å². The molecule has 2 aliphatic heterocycles. The van der Waals surface area contributed by atoms with Crippen LogP contribution in [0.5, 0.6) is 0 Å². The molecule has 0 bridgehead atoms. The molecule has 0 aliphatic carbocycles. The predicted octanol–water partition coefficient (Wildman–Crippen LogP) is 2.53. The summed E-state index contributed by atoms with van der Waals surface area (Å²) >= 11 is 0. The number of halogens is 1. The maximum absolute atomic E-state index is 13.3. The van der Waals surface area contributed by atoms with E-state index in [1.165, 1.54) is 0 Å². The minimum Gasteiger partial charge on any atom is -0.399 e. The van der Waals surface area contributed by atoms with Crippen molar-refractivity contribution in [3.63, 3.8) is 0 Å². The van der Waals surface area contributed by atoms with E-state index < -0.39 is 6.17 Å². The normalized spacial score (nSPS) is 27.4. The summed E-state index contributed by atoms with van der Waals surface area (Å²) in [5.74, 6) is 0. The SMILES string of the molecule is CC1(C)OB(c2ccc(N3CCC(F)C3)cc2)OC1(C)C. The van der Waals surface area contributed by atoms with Crippen molar-refractivity contribution in [1.82, 2.24) is 0 Å². The Morgan fingerprint density at radius 2 is 1.67 bits per heavy atom. The molecule has 1 atom stereocenters. The minimum absolute atomic E-state index is 0.327. The number of alkyl halides is 1. The molecule has 0 aromatic heterocycles. The Kier molecular flexibility index (Phi) is 3.53. The van der Waals surface area contributed by atoms with Crippen LogP contribution in [-0.2, 0) is 9.31 Å². The fourth-order valence-corrected chi connectivity index (χ4v) is 2.77. The Balaban J connectivity index is 1.74. The van der Waals surface area contributed by atoms with Crippen LogP contribution >= 0.6 is 0 Å². The van der Waals surface area contributed by atoms with Gasteiger partial charge in [-0.15, -0.1) is 0 Å². The summed E-state index contributed by atoms with van der Waals surface area (Å²) in [7, 11) is -0.337. The predicted molar refractivity (Wildman–Crippen MR) is 83.9 cm³/mol. The Bertz CT molecular complexity index is 502. The van der Waals surface area contributed by atoms with Gasteiger partial charge in [-0.3, -0.25) is 0 Å². The third-order valence-electron chi connectivity index (χ3n) is 4.91. The van der Waals surface area contributed by atoms with Crippen molar-refractivity contribution < 1.29 is 13.7 Å². The average molecular weight is 291 g/mol. The minimum atomic E-state index is -0.701. The van der Waals surface area contributed by atoms with Crippen molar-refractivity contribution in [2.24, 2.45) is 0 Å². The number of anilines is 1. The van der Waals surface area contributed by atoms with Crippen LogP contribution in [-0.4, -0.2) is 37.6 Å². The van der Waals surface area contributed by atoms with E-state index in [0.29, 0.717) is 13.0 Å². The van der Waals surface area contributed by atoms with Gasteiger partial charge in [0.2, 0.25) is 0 Å². The Hall–Kier alpha value is -1.07. The number of nitrogens with zero attached hydrogens (tertiary/aromatic N) is 1. The van der Waals surface area contributed by atoms with Gasteiger partial charge in [-0.1, -0.05) is 12.1 Å². The van der Waals surface area contributed by atoms with Crippen LogP contribution < -0.4 is 10.4 Å². The first-order chi connectivity index (χ1) is 9.78. The highest BCUT2D eigenvalue weighted by Crippen LogP contribution is 2.36. The molecule has 1 aromatic rings. The van der Waals surface area contributed by atoms with Gasteiger partial charge in [-0.25, -0.2) is 4.39 Å². The monoisotopic (exact) mass is 291 g/mol. The summed E-state index contributed by atoms with van der Waals surface area (Å²) in [6.07, 6.45) is -0.0771. The first-order valence-corrected chi connectivity index (χ1v) is 7.63. The molecule has 1 unspecified atom stereocenters. The number of benzene rings is 1. The van der Waals surface area contributed by atoms with E-state index in [0.717, 1.165) is 17.7 Å². The van der Waals surface area contributed by atoms with Crippen molar-refractivity contribution in [2.75, 3.05) is 18.0 Å². The molecule has 0 radical (unpaired) electrons. The second-order valence-electron chi connectivity index (χ2n) is 7.01. The van der Waals surface area contributed by atoms with Gasteiger partial charge in [0.05, 0.1) is 11.2 Å². The van der Waals surface area contributed by atoms with Gasteiger partial charge in [0, 0.05) is 18.8 Å². The number of hydrogen-bond acceptors (Lipinski definition) is 3. The van der Waals surface area contributed by atoms with Gasteiger partial charge in [0.15, 0.2) is 0 Å². The van der Waals surface area contributed by atoms with Crippen LogP contribution in [0.3, 0.4) is 0 Å². The van der Waals surface area contributed by atoms with Gasteiger partial charge in [0.1, 0.15) is 6.17 Å². The highest BCUT2D eigenvalue weighted by atomic mass is 19.1. The molecule has 2 saturated heterocycles. The Morgan fingerprint density at radius 3 is 2.14 bits per heavy atom. The molecule has 2 heterocycles. The summed E-state index contributed by atoms with van der Waals surface area (Å²) < 4.78 is 25.3. The van der Waals surface area contributed by atoms with E-state index in [9.17, 15) is 4.39 Å². The zero-order valence-corrected chi connectivity index (χ0v) is 13.2. The van der Waals surface area contributed by atoms with Crippen LogP contribution in [0, 0.1) is 0 Å². The van der Waals surface area contributed by atoms with E-state index in [1.54, 1.807) is 0 Å². The lowest BCUT2D eigenvalue weighted by atomic mass is 9.79. The molecule has 5 heteroatoms. The molecule has 0 amide bonds. The maximum atomic E-state index is 13.3. The molecule has 0 saturated carbocycles. The fraction of sp³-hybridized carbons (Fsp3) is 0.625. The highest BCUT2D eigenvalue weighted by Gasteiger charge is 2.51. The van der Waals surface area contributed by atoms with Crippen LogP contribution in [0.15, 0.2) is 24.3 Å². The van der Waals surface area contributed by atoms with Crippen molar-refractivity contribution in [3.05, 3.63) is 24.3 Å². The van der Waals surface area contributed by atoms with Gasteiger partial charge in [0.25, 0.3) is 0 Å². The lowest BCUT2D eigenvalue weighted by molar-refractivity contribution is 0.00578. The molecule has 21 heavy (non-hydrogen) atoms. The molecule has 0 spiro atoms. The highest BCUT2D eigenvalue weighted by molar-refractivity contribution is 6.62. The van der Waals surface area contributed by atoms with Crippen molar-refractivity contribution >= 4 is 18.3 Å². The quantitative estimate of drug-likeness (QED) is 0.782. The van der Waals surface area contributed by atoms with E-state index in [4.69, 9.17) is 9.31 Å². The molecular weight excluding hydrogens is 268 g/mol. The number of hydrogen-bond donors (Lipinski definition) is 0. The molecule has 0 N–H and O–H groups in total. The van der Waals surface area contributed by atoms with E-state index in [1.807, 2.05) is 52.0 Å². The zero-order valence-electron chi connectivity index (χ0n) is 13.2. The summed E-state index contributed by atoms with van der Waals surface area (Å²) in [6, 6.07) is 8.09. The average Bonchev–Trinajstić information content (AvgIpc) is 2.92. The summed E-state index contributed by atoms with van der Waals surface area (Å²) in [5.41, 5.74) is 1.42. The fourth-order valence-electron chi connectivity index (χ4n) is 2.77. The van der Waals surface area contributed by atoms with Gasteiger partial charge in [-0.05, 0) is 51.7 Å². The lowest BCUT2D eigenvalue weighted by Crippen LogP contribution is -2.41. The topological polar surface area (TPSA) is 21.7 Å². The number of rotatable bonds is 2. The smallest absolute Gasteiger partial charge is 0.399 e. The van der Waals surface area contributed by atoms with Gasteiger partial charge in [-0.2, -0.15) is 0 Å². The Labute approximate surface area is 126 Å². The summed E-state index contributed by atoms with van der Waals surface area (Å²) in [4.78, 5) is 2.08. The Morgan fingerprint density at radius 1 is 1.10 bits per heavy atom. The first kappa shape index (κ1) is 14.9. The van der Waals surface area contributed by atoms with Crippen LogP contribution in [0.2, 0.25) is 0 Å². The van der Waals surface area contributed by atoms with E-state index in [2.05, 4.69) is 4.90 Å². The van der Waals surface area contributed by atoms with Crippen molar-refractivity contribution in [3.8, 4) is 0 Å². The third kappa shape index (κ3) is 2.69. The second-order valence-corrected chi connectivity index (χ2v) is 7.01. The molecule has 114 valence electrons. The first-order valence-electron chi connectivity index (χ1n) is 7.63. The summed E-state index contributed by atoms with van der Waals surface area (Å²) in [5, 5.41) is 0. The largest absolute Gasteiger partial charge is 0.494 e. The van der Waals surface area contributed by atoms with E-state index >= 15 is 0 Å². The zero-order chi connectivity index (χ0) is 15.3. The molecule has 3 rings (SSSR count). The van der Waals surface area contributed by atoms with Crippen molar-refractivity contribution in [1.29, 1.82) is 0 Å². The van der Waals surface area contributed by atoms with Crippen LogP contribution in [0.25, 0.3) is 0 Å². The molecular formula is C16H23BFNO2. The lowest BCUT2D eigenvalue weighted by Gasteiger charge is -2.32. The molecule has 1 aromatic carbocycles. The second kappa shape index (κ2) is 4.99. The standard InChI is InChI=1S/C16H23BFNO2/c1-15(2)16(3,4)21-17(20-15)12-5-7-14(8-6-12)19-10-9-13(18)11-19/h5-8,13H,9-11H2,1-4H3. The van der Waals surface area contributed by atoms with E-state index in [-0.39, 0.29) is 18.3 Å². The third-order valence-corrected chi connectivity index (χ3v) is 4.91. The van der Waals surface area contributed by atoms with Gasteiger partial charge >= 0.3 is 7.12 Å². The molecule has 2 aliphatic rings. The van der Waals surface area contributed by atoms with Gasteiger partial charge < -0.3 is 14.2 Å². The molecule has 3 nitrogen and oxygen atoms in total. The maximum Gasteiger partial charge on any atom is 0.494 e. The van der Waals surface area contributed by atoms with Crippen molar-refractivity contribution in [2.45, 2.75) is 51.5 Å². The molecule has 2 fully saturated rings.